The molecule has 0 bridgehead atoms. The van der Waals surface area contributed by atoms with Crippen LogP contribution in [-0.4, -0.2) is 4.98 Å². The van der Waals surface area contributed by atoms with Crippen LogP contribution in [0.2, 0.25) is 0 Å². The molecular weight excluding hydrogens is 253 g/mol. The molecule has 1 fully saturated rings. The zero-order chi connectivity index (χ0) is 13.9. The number of pyridine rings is 1. The molecule has 3 N–H and O–H groups in total. The minimum absolute atomic E-state index is 0.242. The van der Waals surface area contributed by atoms with E-state index in [2.05, 4.69) is 34.7 Å². The number of aromatic nitrogens is 1. The highest BCUT2D eigenvalue weighted by molar-refractivity contribution is 5.33. The summed E-state index contributed by atoms with van der Waals surface area (Å²) < 4.78 is 13.3. The van der Waals surface area contributed by atoms with E-state index < -0.39 is 0 Å². The lowest BCUT2D eigenvalue weighted by Gasteiger charge is -2.26. The molecule has 3 rings (SSSR count). The number of nitrogens with one attached hydrogen (secondary N) is 1. The van der Waals surface area contributed by atoms with Gasteiger partial charge >= 0.3 is 0 Å². The van der Waals surface area contributed by atoms with Crippen molar-refractivity contribution in [3.05, 3.63) is 65.2 Å². The molecule has 1 aromatic heterocycles. The van der Waals surface area contributed by atoms with Crippen molar-refractivity contribution in [1.29, 1.82) is 0 Å². The van der Waals surface area contributed by atoms with Crippen LogP contribution in [0.15, 0.2) is 42.7 Å². The monoisotopic (exact) mass is 271 g/mol. The number of hydrazine groups is 1. The Morgan fingerprint density at radius 3 is 2.45 bits per heavy atom. The fraction of sp³-hybridized carbons (Fsp3) is 0.312. The number of hydrogen-bond donors (Lipinski definition) is 2. The van der Waals surface area contributed by atoms with Crippen LogP contribution in [0.5, 0.6) is 0 Å². The van der Waals surface area contributed by atoms with E-state index in [9.17, 15) is 4.39 Å². The number of nitrogens with zero attached hydrogens (tertiary/aromatic N) is 1. The fourth-order valence-corrected chi connectivity index (χ4v) is 2.67. The molecule has 1 unspecified atom stereocenters. The van der Waals surface area contributed by atoms with Crippen molar-refractivity contribution in [3.8, 4) is 0 Å². The fourth-order valence-electron chi connectivity index (χ4n) is 2.67. The van der Waals surface area contributed by atoms with Crippen molar-refractivity contribution in [1.82, 2.24) is 10.4 Å². The number of halogens is 1. The van der Waals surface area contributed by atoms with Crippen molar-refractivity contribution in [2.45, 2.75) is 31.2 Å². The molecule has 1 aromatic carbocycles. The van der Waals surface area contributed by atoms with E-state index in [0.717, 1.165) is 11.1 Å². The second-order valence-corrected chi connectivity index (χ2v) is 5.33. The van der Waals surface area contributed by atoms with Crippen molar-refractivity contribution in [2.24, 2.45) is 5.84 Å². The molecular formula is C16H18FN3. The molecule has 4 heteroatoms. The van der Waals surface area contributed by atoms with Gasteiger partial charge in [0, 0.05) is 6.20 Å². The quantitative estimate of drug-likeness (QED) is 0.664. The van der Waals surface area contributed by atoms with Crippen LogP contribution in [-0.2, 0) is 0 Å². The van der Waals surface area contributed by atoms with Gasteiger partial charge < -0.3 is 0 Å². The molecule has 104 valence electrons. The first-order valence-electron chi connectivity index (χ1n) is 6.94. The highest BCUT2D eigenvalue weighted by atomic mass is 19.1. The molecule has 1 saturated carbocycles. The van der Waals surface area contributed by atoms with Gasteiger partial charge in [-0.25, -0.2) is 9.82 Å². The highest BCUT2D eigenvalue weighted by Gasteiger charge is 2.20. The lowest BCUT2D eigenvalue weighted by atomic mass is 9.79. The third-order valence-corrected chi connectivity index (χ3v) is 4.07. The second-order valence-electron chi connectivity index (χ2n) is 5.33. The Kier molecular flexibility index (Phi) is 3.76. The first-order chi connectivity index (χ1) is 9.78. The topological polar surface area (TPSA) is 50.9 Å². The largest absolute Gasteiger partial charge is 0.271 e. The maximum absolute atomic E-state index is 13.3. The van der Waals surface area contributed by atoms with Gasteiger partial charge in [-0.05, 0) is 41.5 Å². The lowest BCUT2D eigenvalue weighted by molar-refractivity contribution is 0.419. The Bertz CT molecular complexity index is 579. The normalized spacial score (nSPS) is 16.7. The summed E-state index contributed by atoms with van der Waals surface area (Å²) in [5.41, 5.74) is 5.86. The van der Waals surface area contributed by atoms with Crippen molar-refractivity contribution < 1.29 is 4.39 Å². The first kappa shape index (κ1) is 13.2. The number of hydrogen-bond acceptors (Lipinski definition) is 3. The van der Waals surface area contributed by atoms with Crippen LogP contribution in [0.1, 0.15) is 47.9 Å². The Balaban J connectivity index is 1.85. The average Bonchev–Trinajstić information content (AvgIpc) is 2.40. The zero-order valence-electron chi connectivity index (χ0n) is 11.2. The number of rotatable bonds is 4. The van der Waals surface area contributed by atoms with Gasteiger partial charge in [0.05, 0.1) is 12.2 Å². The molecule has 1 aliphatic carbocycles. The van der Waals surface area contributed by atoms with Crippen LogP contribution < -0.4 is 11.3 Å². The predicted molar refractivity (Wildman–Crippen MR) is 76.4 cm³/mol. The molecule has 0 aliphatic heterocycles. The summed E-state index contributed by atoms with van der Waals surface area (Å²) in [6, 6.07) is 9.63. The first-order valence-corrected chi connectivity index (χ1v) is 6.94. The van der Waals surface area contributed by atoms with Gasteiger partial charge in [-0.15, -0.1) is 0 Å². The standard InChI is InChI=1S/C16H18FN3/c17-15-8-14(9-19-10-15)16(20-18)13-6-4-12(5-7-13)11-2-1-3-11/h4-11,16,20H,1-3,18H2. The molecule has 0 amide bonds. The third-order valence-electron chi connectivity index (χ3n) is 4.07. The van der Waals surface area contributed by atoms with E-state index in [4.69, 9.17) is 5.84 Å². The summed E-state index contributed by atoms with van der Waals surface area (Å²) in [5, 5.41) is 0. The maximum atomic E-state index is 13.3. The Morgan fingerprint density at radius 1 is 1.15 bits per heavy atom. The van der Waals surface area contributed by atoms with Gasteiger partial charge in [-0.3, -0.25) is 10.8 Å². The van der Waals surface area contributed by atoms with E-state index in [1.807, 2.05) is 0 Å². The van der Waals surface area contributed by atoms with Crippen molar-refractivity contribution >= 4 is 0 Å². The maximum Gasteiger partial charge on any atom is 0.141 e. The van der Waals surface area contributed by atoms with Crippen molar-refractivity contribution in [3.63, 3.8) is 0 Å². The SMILES string of the molecule is NNC(c1ccc(C2CCC2)cc1)c1cncc(F)c1. The summed E-state index contributed by atoms with van der Waals surface area (Å²) in [5.74, 6) is 5.98. The van der Waals surface area contributed by atoms with E-state index in [1.165, 1.54) is 37.1 Å². The Hall–Kier alpha value is -1.78. The summed E-state index contributed by atoms with van der Waals surface area (Å²) in [4.78, 5) is 3.88. The van der Waals surface area contributed by atoms with Crippen LogP contribution in [0.4, 0.5) is 4.39 Å². The summed E-state index contributed by atoms with van der Waals surface area (Å²) in [6.45, 7) is 0. The van der Waals surface area contributed by atoms with Gasteiger partial charge in [0.25, 0.3) is 0 Å². The average molecular weight is 271 g/mol. The molecule has 0 saturated heterocycles. The number of benzene rings is 1. The molecule has 2 aromatic rings. The minimum Gasteiger partial charge on any atom is -0.271 e. The third kappa shape index (κ3) is 2.57. The van der Waals surface area contributed by atoms with Crippen LogP contribution in [0.25, 0.3) is 0 Å². The molecule has 1 atom stereocenters. The van der Waals surface area contributed by atoms with E-state index in [0.29, 0.717) is 5.92 Å². The summed E-state index contributed by atoms with van der Waals surface area (Å²) in [6.07, 6.45) is 6.72. The molecule has 1 aliphatic rings. The molecule has 0 spiro atoms. The predicted octanol–water partition coefficient (Wildman–Crippen LogP) is 3.04. The Morgan fingerprint density at radius 2 is 1.90 bits per heavy atom. The van der Waals surface area contributed by atoms with Crippen LogP contribution >= 0.6 is 0 Å². The second kappa shape index (κ2) is 5.69. The molecule has 20 heavy (non-hydrogen) atoms. The zero-order valence-corrected chi connectivity index (χ0v) is 11.2. The van der Waals surface area contributed by atoms with Gasteiger partial charge in [-0.1, -0.05) is 30.7 Å². The van der Waals surface area contributed by atoms with E-state index in [1.54, 1.807) is 6.20 Å². The van der Waals surface area contributed by atoms with Gasteiger partial charge in [-0.2, -0.15) is 0 Å². The van der Waals surface area contributed by atoms with Gasteiger partial charge in [0.15, 0.2) is 0 Å². The van der Waals surface area contributed by atoms with Crippen LogP contribution in [0, 0.1) is 5.82 Å². The minimum atomic E-state index is -0.353. The van der Waals surface area contributed by atoms with Crippen molar-refractivity contribution in [2.75, 3.05) is 0 Å². The lowest BCUT2D eigenvalue weighted by Crippen LogP contribution is -2.29. The molecule has 3 nitrogen and oxygen atoms in total. The summed E-state index contributed by atoms with van der Waals surface area (Å²) >= 11 is 0. The highest BCUT2D eigenvalue weighted by Crippen LogP contribution is 2.36. The van der Waals surface area contributed by atoms with Crippen LogP contribution in [0.3, 0.4) is 0 Å². The molecule has 0 radical (unpaired) electrons. The number of nitrogens with two attached hydrogens (primary N) is 1. The van der Waals surface area contributed by atoms with Gasteiger partial charge in [0.2, 0.25) is 0 Å². The van der Waals surface area contributed by atoms with E-state index >= 15 is 0 Å². The van der Waals surface area contributed by atoms with Gasteiger partial charge in [0.1, 0.15) is 5.82 Å². The Labute approximate surface area is 118 Å². The smallest absolute Gasteiger partial charge is 0.141 e. The van der Waals surface area contributed by atoms with E-state index in [-0.39, 0.29) is 11.9 Å². The molecule has 1 heterocycles. The summed E-state index contributed by atoms with van der Waals surface area (Å²) in [7, 11) is 0.